The van der Waals surface area contributed by atoms with Gasteiger partial charge in [-0.05, 0) is 48.5 Å². The number of carbonyl (C=O) groups is 1. The zero-order chi connectivity index (χ0) is 23.3. The maximum Gasteiger partial charge on any atom is 0.283 e. The highest BCUT2D eigenvalue weighted by atomic mass is 35.5. The number of nitrogens with one attached hydrogen (secondary N) is 1. The molecular weight excluding hydrogens is 454 g/mol. The van der Waals surface area contributed by atoms with Gasteiger partial charge in [0.1, 0.15) is 5.04 Å². The molecule has 0 fully saturated rings. The lowest BCUT2D eigenvalue weighted by Gasteiger charge is -2.20. The SMILES string of the molecule is Cc1c(C=C2C(=N)N3N=C(C(C)C)SC3=NC2=O)c2ccccc2n1Cc1ccc(Cl)cc1. The minimum atomic E-state index is -0.409. The zero-order valence-electron chi connectivity index (χ0n) is 18.5. The highest BCUT2D eigenvalue weighted by Gasteiger charge is 2.36. The van der Waals surface area contributed by atoms with Crippen molar-refractivity contribution in [2.45, 2.75) is 27.3 Å². The zero-order valence-corrected chi connectivity index (χ0v) is 20.0. The molecule has 0 unspecified atom stereocenters. The van der Waals surface area contributed by atoms with E-state index in [0.29, 0.717) is 16.7 Å². The molecule has 3 aromatic rings. The fraction of sp³-hybridized carbons (Fsp3) is 0.200. The van der Waals surface area contributed by atoms with Crippen LogP contribution in [0.5, 0.6) is 0 Å². The second-order valence-corrected chi connectivity index (χ2v) is 9.77. The van der Waals surface area contributed by atoms with E-state index in [1.807, 2.05) is 63.2 Å². The van der Waals surface area contributed by atoms with Crippen molar-refractivity contribution in [3.63, 3.8) is 0 Å². The third kappa shape index (κ3) is 3.81. The Balaban J connectivity index is 1.60. The molecule has 0 saturated heterocycles. The molecule has 5 rings (SSSR count). The number of rotatable bonds is 4. The molecule has 0 saturated carbocycles. The Morgan fingerprint density at radius 3 is 2.61 bits per heavy atom. The number of aromatic nitrogens is 1. The average Bonchev–Trinajstić information content (AvgIpc) is 3.33. The van der Waals surface area contributed by atoms with Crippen LogP contribution in [0.1, 0.15) is 30.7 Å². The van der Waals surface area contributed by atoms with Crippen LogP contribution in [0.3, 0.4) is 0 Å². The first-order chi connectivity index (χ1) is 15.8. The Hall–Kier alpha value is -3.16. The van der Waals surface area contributed by atoms with Crippen molar-refractivity contribution in [1.82, 2.24) is 9.58 Å². The molecule has 0 atom stereocenters. The minimum Gasteiger partial charge on any atom is -0.340 e. The largest absolute Gasteiger partial charge is 0.340 e. The summed E-state index contributed by atoms with van der Waals surface area (Å²) in [5.41, 5.74) is 4.35. The van der Waals surface area contributed by atoms with Crippen molar-refractivity contribution in [3.8, 4) is 0 Å². The van der Waals surface area contributed by atoms with Crippen LogP contribution in [0, 0.1) is 18.3 Å². The second kappa shape index (κ2) is 8.32. The predicted molar refractivity (Wildman–Crippen MR) is 137 cm³/mol. The van der Waals surface area contributed by atoms with Crippen molar-refractivity contribution >= 4 is 62.3 Å². The molecular formula is C25H22ClN5OS. The van der Waals surface area contributed by atoms with Crippen LogP contribution < -0.4 is 0 Å². The van der Waals surface area contributed by atoms with Gasteiger partial charge in [-0.25, -0.2) is 0 Å². The molecule has 1 aromatic heterocycles. The minimum absolute atomic E-state index is 0.0575. The van der Waals surface area contributed by atoms with Gasteiger partial charge in [0.15, 0.2) is 5.84 Å². The van der Waals surface area contributed by atoms with Gasteiger partial charge >= 0.3 is 0 Å². The summed E-state index contributed by atoms with van der Waals surface area (Å²) in [6.07, 6.45) is 1.79. The van der Waals surface area contributed by atoms with E-state index in [1.54, 1.807) is 6.08 Å². The van der Waals surface area contributed by atoms with E-state index in [1.165, 1.54) is 16.8 Å². The maximum atomic E-state index is 12.9. The van der Waals surface area contributed by atoms with Gasteiger partial charge < -0.3 is 4.57 Å². The quantitative estimate of drug-likeness (QED) is 0.475. The lowest BCUT2D eigenvalue weighted by atomic mass is 10.1. The topological polar surface area (TPSA) is 73.8 Å². The van der Waals surface area contributed by atoms with Crippen molar-refractivity contribution in [3.05, 3.63) is 75.9 Å². The number of halogens is 1. The molecule has 0 spiro atoms. The van der Waals surface area contributed by atoms with Gasteiger partial charge in [0.05, 0.1) is 5.57 Å². The molecule has 2 aliphatic rings. The smallest absolute Gasteiger partial charge is 0.283 e. The van der Waals surface area contributed by atoms with Crippen molar-refractivity contribution in [1.29, 1.82) is 5.41 Å². The number of hydrogen-bond donors (Lipinski definition) is 1. The second-order valence-electron chi connectivity index (χ2n) is 8.34. The van der Waals surface area contributed by atoms with E-state index >= 15 is 0 Å². The van der Waals surface area contributed by atoms with Crippen LogP contribution in [0.2, 0.25) is 5.02 Å². The van der Waals surface area contributed by atoms with Crippen LogP contribution in [0.4, 0.5) is 0 Å². The van der Waals surface area contributed by atoms with E-state index < -0.39 is 5.91 Å². The molecule has 2 aliphatic heterocycles. The van der Waals surface area contributed by atoms with E-state index in [9.17, 15) is 4.79 Å². The van der Waals surface area contributed by atoms with Crippen molar-refractivity contribution < 1.29 is 4.79 Å². The number of amides is 1. The monoisotopic (exact) mass is 475 g/mol. The standard InChI is InChI=1S/C25H22ClN5OS/c1-14(2)24-29-31-22(27)20(23(32)28-25(31)33-24)12-19-15(3)30(21-7-5-4-6-18(19)21)13-16-8-10-17(26)11-9-16/h4-12,14,27H,13H2,1-3H3. The number of fused-ring (bicyclic) bond motifs is 2. The first-order valence-corrected chi connectivity index (χ1v) is 11.9. The van der Waals surface area contributed by atoms with Gasteiger partial charge in [0, 0.05) is 39.6 Å². The highest BCUT2D eigenvalue weighted by molar-refractivity contribution is 8.27. The summed E-state index contributed by atoms with van der Waals surface area (Å²) in [6, 6.07) is 15.9. The number of thioether (sulfide) groups is 1. The molecule has 1 N–H and O–H groups in total. The normalized spacial score (nSPS) is 17.2. The summed E-state index contributed by atoms with van der Waals surface area (Å²) in [5, 5.41) is 17.7. The third-order valence-electron chi connectivity index (χ3n) is 5.79. The first kappa shape index (κ1) is 21.7. The third-order valence-corrected chi connectivity index (χ3v) is 7.25. The van der Waals surface area contributed by atoms with Gasteiger partial charge in [-0.3, -0.25) is 10.2 Å². The number of para-hydroxylation sites is 1. The average molecular weight is 476 g/mol. The maximum absolute atomic E-state index is 12.9. The predicted octanol–water partition coefficient (Wildman–Crippen LogP) is 5.93. The molecule has 0 aliphatic carbocycles. The van der Waals surface area contributed by atoms with Crippen LogP contribution >= 0.6 is 23.4 Å². The van der Waals surface area contributed by atoms with Gasteiger partial charge in [0.25, 0.3) is 5.91 Å². The Kier molecular flexibility index (Phi) is 5.46. The Morgan fingerprint density at radius 1 is 1.15 bits per heavy atom. The summed E-state index contributed by atoms with van der Waals surface area (Å²) in [6.45, 7) is 6.78. The molecule has 2 aromatic carbocycles. The number of benzene rings is 2. The Morgan fingerprint density at radius 2 is 1.88 bits per heavy atom. The fourth-order valence-corrected chi connectivity index (χ4v) is 5.02. The number of aliphatic imine (C=N–C) groups is 1. The molecule has 6 nitrogen and oxygen atoms in total. The van der Waals surface area contributed by atoms with E-state index in [2.05, 4.69) is 20.7 Å². The summed E-state index contributed by atoms with van der Waals surface area (Å²) < 4.78 is 2.22. The van der Waals surface area contributed by atoms with Crippen LogP contribution in [-0.2, 0) is 11.3 Å². The van der Waals surface area contributed by atoms with Crippen LogP contribution in [0.25, 0.3) is 17.0 Å². The van der Waals surface area contributed by atoms with Gasteiger partial charge in [-0.15, -0.1) is 0 Å². The lowest BCUT2D eigenvalue weighted by molar-refractivity contribution is -0.114. The van der Waals surface area contributed by atoms with Crippen molar-refractivity contribution in [2.75, 3.05) is 0 Å². The van der Waals surface area contributed by atoms with Crippen LogP contribution in [0.15, 0.2) is 64.2 Å². The van der Waals surface area contributed by atoms with E-state index in [4.69, 9.17) is 17.0 Å². The van der Waals surface area contributed by atoms with E-state index in [0.717, 1.165) is 32.8 Å². The summed E-state index contributed by atoms with van der Waals surface area (Å²) in [4.78, 5) is 17.1. The molecule has 166 valence electrons. The Bertz CT molecular complexity index is 1400. The lowest BCUT2D eigenvalue weighted by Crippen LogP contribution is -2.35. The number of carbonyl (C=O) groups excluding carboxylic acids is 1. The molecule has 0 bridgehead atoms. The number of hydrazone groups is 1. The van der Waals surface area contributed by atoms with Gasteiger partial charge in [-0.1, -0.05) is 55.8 Å². The molecule has 1 amide bonds. The molecule has 33 heavy (non-hydrogen) atoms. The van der Waals surface area contributed by atoms with Gasteiger partial charge in [0.2, 0.25) is 5.17 Å². The summed E-state index contributed by atoms with van der Waals surface area (Å²) in [7, 11) is 0. The number of hydrogen-bond acceptors (Lipinski definition) is 4. The molecule has 0 radical (unpaired) electrons. The fourth-order valence-electron chi connectivity index (χ4n) is 4.00. The molecule has 3 heterocycles. The van der Waals surface area contributed by atoms with Crippen LogP contribution in [-0.4, -0.2) is 31.5 Å². The number of nitrogens with zero attached hydrogens (tertiary/aromatic N) is 4. The summed E-state index contributed by atoms with van der Waals surface area (Å²) >= 11 is 7.41. The van der Waals surface area contributed by atoms with Crippen molar-refractivity contribution in [2.24, 2.45) is 16.0 Å². The van der Waals surface area contributed by atoms with Gasteiger partial charge in [-0.2, -0.15) is 15.1 Å². The Labute approximate surface area is 201 Å². The number of amidine groups is 2. The van der Waals surface area contributed by atoms with E-state index in [-0.39, 0.29) is 17.3 Å². The highest BCUT2D eigenvalue weighted by Crippen LogP contribution is 2.33. The molecule has 8 heteroatoms. The first-order valence-electron chi connectivity index (χ1n) is 10.7. The summed E-state index contributed by atoms with van der Waals surface area (Å²) in [5.74, 6) is -0.151.